The zero-order chi connectivity index (χ0) is 28.3. The van der Waals surface area contributed by atoms with E-state index in [9.17, 15) is 9.59 Å². The number of benzene rings is 2. The molecule has 0 aliphatic carbocycles. The van der Waals surface area contributed by atoms with Crippen molar-refractivity contribution in [2.75, 3.05) is 27.2 Å². The third kappa shape index (κ3) is 6.12. The normalized spacial score (nSPS) is 15.3. The molecule has 0 unspecified atom stereocenters. The topological polar surface area (TPSA) is 88.6 Å². The van der Waals surface area contributed by atoms with Crippen molar-refractivity contribution in [3.05, 3.63) is 112 Å². The smallest absolute Gasteiger partial charge is 0.379 e. The molecule has 0 saturated carbocycles. The van der Waals surface area contributed by atoms with Gasteiger partial charge >= 0.3 is 11.9 Å². The van der Waals surface area contributed by atoms with E-state index in [1.165, 1.54) is 23.8 Å². The van der Waals surface area contributed by atoms with Crippen LogP contribution in [0.4, 0.5) is 0 Å². The SMILES string of the molecule is CON(C)C(=O)c1ccc(CN2CCc3cc(OC(=O)c4ccc(CN5CCc6ccccc6C5)o4)ccc3C2)o1. The van der Waals surface area contributed by atoms with Crippen LogP contribution in [0, 0.1) is 0 Å². The lowest BCUT2D eigenvalue weighted by Crippen LogP contribution is -2.30. The van der Waals surface area contributed by atoms with Gasteiger partial charge in [-0.15, -0.1) is 0 Å². The van der Waals surface area contributed by atoms with Gasteiger partial charge in [0.15, 0.2) is 5.76 Å². The molecule has 9 nitrogen and oxygen atoms in total. The summed E-state index contributed by atoms with van der Waals surface area (Å²) in [5.74, 6) is 1.59. The van der Waals surface area contributed by atoms with Crippen molar-refractivity contribution in [1.82, 2.24) is 14.9 Å². The van der Waals surface area contributed by atoms with Crippen molar-refractivity contribution in [2.24, 2.45) is 0 Å². The second-order valence-corrected chi connectivity index (χ2v) is 10.5. The van der Waals surface area contributed by atoms with Crippen LogP contribution in [-0.2, 0) is 43.9 Å². The first-order chi connectivity index (χ1) is 19.9. The molecule has 9 heteroatoms. The number of hydrogen-bond acceptors (Lipinski definition) is 8. The second-order valence-electron chi connectivity index (χ2n) is 10.5. The summed E-state index contributed by atoms with van der Waals surface area (Å²) >= 11 is 0. The zero-order valence-electron chi connectivity index (χ0n) is 23.3. The van der Waals surface area contributed by atoms with Crippen molar-refractivity contribution in [1.29, 1.82) is 0 Å². The number of hydroxylamine groups is 2. The van der Waals surface area contributed by atoms with Crippen LogP contribution in [0.2, 0.25) is 0 Å². The molecule has 0 bridgehead atoms. The number of hydrogen-bond donors (Lipinski definition) is 0. The minimum atomic E-state index is -0.500. The minimum Gasteiger partial charge on any atom is -0.454 e. The van der Waals surface area contributed by atoms with Crippen molar-refractivity contribution < 1.29 is 28.0 Å². The van der Waals surface area contributed by atoms with E-state index in [2.05, 4.69) is 34.1 Å². The second kappa shape index (κ2) is 11.7. The van der Waals surface area contributed by atoms with Crippen LogP contribution in [0.3, 0.4) is 0 Å². The molecule has 2 aliphatic heterocycles. The Morgan fingerprint density at radius 1 is 0.780 bits per heavy atom. The third-order valence-electron chi connectivity index (χ3n) is 7.74. The van der Waals surface area contributed by atoms with Gasteiger partial charge in [-0.05, 0) is 71.5 Å². The van der Waals surface area contributed by atoms with Crippen LogP contribution in [0.25, 0.3) is 0 Å². The maximum Gasteiger partial charge on any atom is 0.379 e. The number of amides is 1. The first kappa shape index (κ1) is 27.0. The average Bonchev–Trinajstić information content (AvgIpc) is 3.66. The molecule has 2 aromatic carbocycles. The molecule has 0 N–H and O–H groups in total. The standard InChI is InChI=1S/C32H33N3O6/c1-33(38-2)31(36)29-11-9-27(39-29)20-35-16-14-23-17-26(8-7-25(23)19-35)41-32(37)30-12-10-28(40-30)21-34-15-13-22-5-3-4-6-24(22)18-34/h3-12,17H,13-16,18-21H2,1-2H3. The summed E-state index contributed by atoms with van der Waals surface area (Å²) in [7, 11) is 2.97. The molecule has 0 atom stereocenters. The van der Waals surface area contributed by atoms with E-state index < -0.39 is 5.97 Å². The first-order valence-corrected chi connectivity index (χ1v) is 13.8. The Kier molecular flexibility index (Phi) is 7.74. The quantitative estimate of drug-likeness (QED) is 0.173. The number of furan rings is 2. The molecule has 0 fully saturated rings. The number of esters is 1. The van der Waals surface area contributed by atoms with Gasteiger partial charge < -0.3 is 13.6 Å². The van der Waals surface area contributed by atoms with Crippen LogP contribution in [-0.4, -0.2) is 54.0 Å². The number of carbonyl (C=O) groups is 2. The van der Waals surface area contributed by atoms with Crippen LogP contribution >= 0.6 is 0 Å². The highest BCUT2D eigenvalue weighted by Crippen LogP contribution is 2.27. The Hall–Kier alpha value is -4.18. The molecule has 1 amide bonds. The van der Waals surface area contributed by atoms with E-state index >= 15 is 0 Å². The molecule has 41 heavy (non-hydrogen) atoms. The summed E-state index contributed by atoms with van der Waals surface area (Å²) in [6, 6.07) is 21.3. The monoisotopic (exact) mass is 555 g/mol. The Labute approximate surface area is 238 Å². The first-order valence-electron chi connectivity index (χ1n) is 13.8. The molecule has 2 aliphatic rings. The molecule has 0 spiro atoms. The summed E-state index contributed by atoms with van der Waals surface area (Å²) in [6.45, 7) is 4.61. The number of fused-ring (bicyclic) bond motifs is 2. The zero-order valence-corrected chi connectivity index (χ0v) is 23.3. The van der Waals surface area contributed by atoms with Gasteiger partial charge in [0.05, 0.1) is 20.2 Å². The average molecular weight is 556 g/mol. The number of rotatable bonds is 8. The molecule has 4 heterocycles. The fraction of sp³-hybridized carbons (Fsp3) is 0.312. The van der Waals surface area contributed by atoms with Crippen LogP contribution in [0.15, 0.2) is 75.6 Å². The maximum atomic E-state index is 12.8. The van der Waals surface area contributed by atoms with Gasteiger partial charge in [-0.2, -0.15) is 0 Å². The van der Waals surface area contributed by atoms with Gasteiger partial charge in [-0.1, -0.05) is 30.3 Å². The van der Waals surface area contributed by atoms with Crippen LogP contribution in [0.5, 0.6) is 5.75 Å². The summed E-state index contributed by atoms with van der Waals surface area (Å²) in [6.07, 6.45) is 1.82. The number of ether oxygens (including phenoxy) is 1. The minimum absolute atomic E-state index is 0.203. The van der Waals surface area contributed by atoms with Gasteiger partial charge in [0.25, 0.3) is 0 Å². The number of nitrogens with zero attached hydrogens (tertiary/aromatic N) is 3. The fourth-order valence-electron chi connectivity index (χ4n) is 5.46. The predicted octanol–water partition coefficient (Wildman–Crippen LogP) is 4.84. The van der Waals surface area contributed by atoms with Crippen molar-refractivity contribution in [3.63, 3.8) is 0 Å². The van der Waals surface area contributed by atoms with Gasteiger partial charge in [0.1, 0.15) is 17.3 Å². The third-order valence-corrected chi connectivity index (χ3v) is 7.74. The summed E-state index contributed by atoms with van der Waals surface area (Å²) in [5.41, 5.74) is 5.06. The van der Waals surface area contributed by atoms with Crippen molar-refractivity contribution in [2.45, 2.75) is 39.0 Å². The van der Waals surface area contributed by atoms with Crippen LogP contribution < -0.4 is 4.74 Å². The lowest BCUT2D eigenvalue weighted by molar-refractivity contribution is -0.0774. The fourth-order valence-corrected chi connectivity index (χ4v) is 5.46. The largest absolute Gasteiger partial charge is 0.454 e. The molecule has 6 rings (SSSR count). The molecular weight excluding hydrogens is 522 g/mol. The van der Waals surface area contributed by atoms with E-state index in [1.807, 2.05) is 30.3 Å². The van der Waals surface area contributed by atoms with Gasteiger partial charge in [-0.3, -0.25) is 19.4 Å². The highest BCUT2D eigenvalue weighted by Gasteiger charge is 2.22. The Morgan fingerprint density at radius 3 is 2.10 bits per heavy atom. The summed E-state index contributed by atoms with van der Waals surface area (Å²) in [4.78, 5) is 34.6. The van der Waals surface area contributed by atoms with Gasteiger partial charge in [0, 0.05) is 33.2 Å². The van der Waals surface area contributed by atoms with E-state index in [0.717, 1.165) is 61.2 Å². The summed E-state index contributed by atoms with van der Waals surface area (Å²) in [5, 5.41) is 1.13. The Balaban J connectivity index is 1.03. The highest BCUT2D eigenvalue weighted by atomic mass is 16.7. The maximum absolute atomic E-state index is 12.8. The van der Waals surface area contributed by atoms with Crippen molar-refractivity contribution in [3.8, 4) is 5.75 Å². The van der Waals surface area contributed by atoms with E-state index in [4.69, 9.17) is 18.4 Å². The molecular formula is C32H33N3O6. The van der Waals surface area contributed by atoms with E-state index in [1.54, 1.807) is 19.2 Å². The lowest BCUT2D eigenvalue weighted by atomic mass is 9.99. The Bertz CT molecular complexity index is 1560. The summed E-state index contributed by atoms with van der Waals surface area (Å²) < 4.78 is 17.3. The molecule has 0 radical (unpaired) electrons. The molecule has 212 valence electrons. The molecule has 0 saturated heterocycles. The highest BCUT2D eigenvalue weighted by molar-refractivity contribution is 5.90. The predicted molar refractivity (Wildman–Crippen MR) is 150 cm³/mol. The van der Waals surface area contributed by atoms with E-state index in [0.29, 0.717) is 18.8 Å². The van der Waals surface area contributed by atoms with E-state index in [-0.39, 0.29) is 17.4 Å². The van der Waals surface area contributed by atoms with Gasteiger partial charge in [-0.25, -0.2) is 9.86 Å². The molecule has 4 aromatic rings. The van der Waals surface area contributed by atoms with Crippen molar-refractivity contribution >= 4 is 11.9 Å². The Morgan fingerprint density at radius 2 is 1.39 bits per heavy atom. The lowest BCUT2D eigenvalue weighted by Gasteiger charge is -2.28. The number of carbonyl (C=O) groups excluding carboxylic acids is 2. The van der Waals surface area contributed by atoms with Crippen LogP contribution in [0.1, 0.15) is 54.9 Å². The molecule has 2 aromatic heterocycles. The van der Waals surface area contributed by atoms with Gasteiger partial charge in [0.2, 0.25) is 5.76 Å².